The molecule has 3 aromatic rings. The van der Waals surface area contributed by atoms with Crippen molar-refractivity contribution in [3.63, 3.8) is 0 Å². The topological polar surface area (TPSA) is 224 Å². The van der Waals surface area contributed by atoms with E-state index < -0.39 is 53.8 Å². The molecule has 2 aromatic carbocycles. The first-order chi connectivity index (χ1) is 21.0. The van der Waals surface area contributed by atoms with Crippen molar-refractivity contribution in [2.75, 3.05) is 12.0 Å². The van der Waals surface area contributed by atoms with Crippen LogP contribution in [0.5, 0.6) is 5.75 Å². The fourth-order valence-corrected chi connectivity index (χ4v) is 5.01. The summed E-state index contributed by atoms with van der Waals surface area (Å²) in [5.74, 6) is -4.06. The number of phenols is 1. The van der Waals surface area contributed by atoms with Crippen LogP contribution in [0.25, 0.3) is 10.9 Å². The van der Waals surface area contributed by atoms with Crippen molar-refractivity contribution in [3.8, 4) is 5.75 Å². The number of fused-ring (bicyclic) bond motifs is 1. The molecule has 0 aliphatic carbocycles. The summed E-state index contributed by atoms with van der Waals surface area (Å²) in [4.78, 5) is 65.8. The van der Waals surface area contributed by atoms with E-state index in [2.05, 4.69) is 20.9 Å². The molecule has 44 heavy (non-hydrogen) atoms. The lowest BCUT2D eigenvalue weighted by Gasteiger charge is -2.25. The number of aliphatic carboxylic acids is 2. The smallest absolute Gasteiger partial charge is 0.326 e. The molecular weight excluding hydrogens is 590 g/mol. The maximum Gasteiger partial charge on any atom is 0.326 e. The molecule has 3 amide bonds. The second-order valence-corrected chi connectivity index (χ2v) is 11.3. The van der Waals surface area contributed by atoms with Crippen molar-refractivity contribution in [2.45, 2.75) is 56.3 Å². The molecule has 4 atom stereocenters. The number of hydrogen-bond donors (Lipinski definition) is 8. The quantitative estimate of drug-likeness (QED) is 0.107. The Kier molecular flexibility index (Phi) is 12.6. The van der Waals surface area contributed by atoms with Crippen LogP contribution in [-0.4, -0.2) is 86.1 Å². The first-order valence-electron chi connectivity index (χ1n) is 13.9. The fourth-order valence-electron chi connectivity index (χ4n) is 4.54. The number of carbonyl (C=O) groups excluding carboxylic acids is 3. The summed E-state index contributed by atoms with van der Waals surface area (Å²) in [6, 6.07) is 8.51. The fraction of sp³-hybridized carbons (Fsp3) is 0.367. The lowest BCUT2D eigenvalue weighted by atomic mass is 10.0. The highest BCUT2D eigenvalue weighted by molar-refractivity contribution is 7.98. The number of carboxylic acid groups (broad SMARTS) is 2. The molecule has 0 radical (unpaired) electrons. The number of hydrogen-bond acceptors (Lipinski definition) is 8. The third kappa shape index (κ3) is 10.0. The number of nitrogens with one attached hydrogen (secondary N) is 4. The summed E-state index contributed by atoms with van der Waals surface area (Å²) in [5, 5.41) is 37.1. The van der Waals surface area contributed by atoms with E-state index in [4.69, 9.17) is 10.8 Å². The van der Waals surface area contributed by atoms with Crippen LogP contribution in [0.15, 0.2) is 54.7 Å². The van der Waals surface area contributed by atoms with Crippen molar-refractivity contribution in [1.29, 1.82) is 0 Å². The number of phenolic OH excluding ortho intramolecular Hbond substituents is 1. The zero-order valence-electron chi connectivity index (χ0n) is 24.1. The molecule has 14 heteroatoms. The number of thioether (sulfide) groups is 1. The van der Waals surface area contributed by atoms with Crippen LogP contribution in [0.2, 0.25) is 0 Å². The van der Waals surface area contributed by atoms with Crippen LogP contribution in [0, 0.1) is 0 Å². The molecule has 0 saturated carbocycles. The van der Waals surface area contributed by atoms with Gasteiger partial charge in [-0.3, -0.25) is 19.2 Å². The number of nitrogens with two attached hydrogens (primary N) is 1. The van der Waals surface area contributed by atoms with Crippen LogP contribution in [0.4, 0.5) is 0 Å². The Hall–Kier alpha value is -4.56. The molecule has 1 aromatic heterocycles. The minimum absolute atomic E-state index is 0.00235. The summed E-state index contributed by atoms with van der Waals surface area (Å²) in [7, 11) is 0. The largest absolute Gasteiger partial charge is 0.508 e. The van der Waals surface area contributed by atoms with Crippen molar-refractivity contribution in [2.24, 2.45) is 5.73 Å². The average Bonchev–Trinajstić information content (AvgIpc) is 3.40. The van der Waals surface area contributed by atoms with E-state index in [1.54, 1.807) is 18.3 Å². The summed E-state index contributed by atoms with van der Waals surface area (Å²) in [5.41, 5.74) is 7.90. The van der Waals surface area contributed by atoms with E-state index in [1.165, 1.54) is 23.9 Å². The van der Waals surface area contributed by atoms with E-state index in [-0.39, 0.29) is 37.9 Å². The van der Waals surface area contributed by atoms with E-state index in [9.17, 15) is 34.2 Å². The van der Waals surface area contributed by atoms with Gasteiger partial charge in [-0.15, -0.1) is 0 Å². The zero-order valence-corrected chi connectivity index (χ0v) is 24.9. The van der Waals surface area contributed by atoms with Gasteiger partial charge >= 0.3 is 11.9 Å². The molecule has 3 rings (SSSR count). The normalized spacial score (nSPS) is 13.8. The summed E-state index contributed by atoms with van der Waals surface area (Å²) in [6.07, 6.45) is 3.17. The number of aromatic amines is 1. The lowest BCUT2D eigenvalue weighted by molar-refractivity contribution is -0.142. The highest BCUT2D eigenvalue weighted by Gasteiger charge is 2.31. The number of H-pyrrole nitrogens is 1. The SMILES string of the molecule is CSCCC(NC(=O)C(N)CCC(=O)O)C(=O)NC(Cc1ccc(O)cc1)C(=O)NC(Cc1c[nH]c2ccccc12)C(=O)O. The molecule has 0 bridgehead atoms. The second-order valence-electron chi connectivity index (χ2n) is 10.3. The van der Waals surface area contributed by atoms with Gasteiger partial charge in [0.1, 0.15) is 23.9 Å². The van der Waals surface area contributed by atoms with Crippen molar-refractivity contribution in [3.05, 3.63) is 65.9 Å². The van der Waals surface area contributed by atoms with Crippen LogP contribution in [0.1, 0.15) is 30.4 Å². The van der Waals surface area contributed by atoms with Gasteiger partial charge in [0.15, 0.2) is 0 Å². The number of benzene rings is 2. The van der Waals surface area contributed by atoms with Gasteiger partial charge in [-0.1, -0.05) is 30.3 Å². The van der Waals surface area contributed by atoms with Crippen LogP contribution >= 0.6 is 11.8 Å². The van der Waals surface area contributed by atoms with Gasteiger partial charge in [0.05, 0.1) is 6.04 Å². The summed E-state index contributed by atoms with van der Waals surface area (Å²) in [6.45, 7) is 0. The third-order valence-electron chi connectivity index (χ3n) is 6.97. The Balaban J connectivity index is 1.80. The molecular formula is C30H37N5O8S. The number of carboxylic acids is 2. The number of carbonyl (C=O) groups is 5. The van der Waals surface area contributed by atoms with Crippen molar-refractivity contribution < 1.29 is 39.3 Å². The predicted octanol–water partition coefficient (Wildman–Crippen LogP) is 1.14. The van der Waals surface area contributed by atoms with Gasteiger partial charge in [0.2, 0.25) is 17.7 Å². The molecule has 0 saturated heterocycles. The Morgan fingerprint density at radius 2 is 1.48 bits per heavy atom. The van der Waals surface area contributed by atoms with Gasteiger partial charge in [0.25, 0.3) is 0 Å². The van der Waals surface area contributed by atoms with Gasteiger partial charge in [-0.05, 0) is 54.2 Å². The Labute approximate surface area is 258 Å². The van der Waals surface area contributed by atoms with Crippen LogP contribution in [0.3, 0.4) is 0 Å². The Bertz CT molecular complexity index is 1460. The lowest BCUT2D eigenvalue weighted by Crippen LogP contribution is -2.58. The first-order valence-corrected chi connectivity index (χ1v) is 15.3. The number of rotatable bonds is 17. The summed E-state index contributed by atoms with van der Waals surface area (Å²) < 4.78 is 0. The number of aromatic nitrogens is 1. The number of para-hydroxylation sites is 1. The average molecular weight is 628 g/mol. The predicted molar refractivity (Wildman–Crippen MR) is 165 cm³/mol. The van der Waals surface area contributed by atoms with Gasteiger partial charge in [0, 0.05) is 36.4 Å². The number of amides is 3. The highest BCUT2D eigenvalue weighted by atomic mass is 32.2. The van der Waals surface area contributed by atoms with Crippen LogP contribution < -0.4 is 21.7 Å². The van der Waals surface area contributed by atoms with Crippen molar-refractivity contribution in [1.82, 2.24) is 20.9 Å². The van der Waals surface area contributed by atoms with E-state index >= 15 is 0 Å². The van der Waals surface area contributed by atoms with Gasteiger partial charge < -0.3 is 42.0 Å². The molecule has 0 aliphatic rings. The molecule has 0 fully saturated rings. The standard InChI is InChI=1S/C30H37N5O8S/c1-44-13-12-23(33-27(39)21(31)10-11-26(37)38)28(40)34-24(14-17-6-8-19(36)9-7-17)29(41)35-25(30(42)43)15-18-16-32-22-5-3-2-4-20(18)22/h2-9,16,21,23-25,32,36H,10-15,31H2,1H3,(H,33,39)(H,34,40)(H,35,41)(H,37,38)(H,42,43). The molecule has 236 valence electrons. The zero-order chi connectivity index (χ0) is 32.2. The second kappa shape index (κ2) is 16.3. The van der Waals surface area contributed by atoms with E-state index in [0.29, 0.717) is 16.9 Å². The maximum atomic E-state index is 13.6. The molecule has 4 unspecified atom stereocenters. The number of aromatic hydroxyl groups is 1. The minimum atomic E-state index is -1.32. The van der Waals surface area contributed by atoms with Crippen molar-refractivity contribution >= 4 is 52.3 Å². The molecule has 9 N–H and O–H groups in total. The van der Waals surface area contributed by atoms with Gasteiger partial charge in [-0.25, -0.2) is 4.79 Å². The Morgan fingerprint density at radius 1 is 0.841 bits per heavy atom. The minimum Gasteiger partial charge on any atom is -0.508 e. The first kappa shape index (κ1) is 33.9. The van der Waals surface area contributed by atoms with Crippen LogP contribution in [-0.2, 0) is 36.8 Å². The molecule has 13 nitrogen and oxygen atoms in total. The molecule has 0 spiro atoms. The monoisotopic (exact) mass is 627 g/mol. The molecule has 1 heterocycles. The molecule has 0 aliphatic heterocycles. The van der Waals surface area contributed by atoms with Gasteiger partial charge in [-0.2, -0.15) is 11.8 Å². The highest BCUT2D eigenvalue weighted by Crippen LogP contribution is 2.19. The third-order valence-corrected chi connectivity index (χ3v) is 7.62. The Morgan fingerprint density at radius 3 is 2.14 bits per heavy atom. The summed E-state index contributed by atoms with van der Waals surface area (Å²) >= 11 is 1.43. The maximum absolute atomic E-state index is 13.6. The van der Waals surface area contributed by atoms with E-state index in [1.807, 2.05) is 30.5 Å². The van der Waals surface area contributed by atoms with E-state index in [0.717, 1.165) is 10.9 Å².